The van der Waals surface area contributed by atoms with E-state index < -0.39 is 0 Å². The Balaban J connectivity index is 2.02. The fourth-order valence-electron chi connectivity index (χ4n) is 3.45. The number of fused-ring (bicyclic) bond motifs is 3. The minimum absolute atomic E-state index is 0.185. The predicted molar refractivity (Wildman–Crippen MR) is 71.7 cm³/mol. The van der Waals surface area contributed by atoms with E-state index in [0.29, 0.717) is 18.3 Å². The molecule has 0 unspecified atom stereocenters. The summed E-state index contributed by atoms with van der Waals surface area (Å²) in [5.74, 6) is 2.72. The maximum Gasteiger partial charge on any atom is 0.220 e. The van der Waals surface area contributed by atoms with Gasteiger partial charge in [0.2, 0.25) is 5.91 Å². The van der Waals surface area contributed by atoms with Crippen LogP contribution >= 0.6 is 0 Å². The molecule has 0 saturated carbocycles. The van der Waals surface area contributed by atoms with Crippen LogP contribution in [0.2, 0.25) is 0 Å². The first-order valence-electron chi connectivity index (χ1n) is 6.75. The van der Waals surface area contributed by atoms with Gasteiger partial charge in [-0.15, -0.1) is 0 Å². The summed E-state index contributed by atoms with van der Waals surface area (Å²) in [6.07, 6.45) is 2.66. The fourth-order valence-corrected chi connectivity index (χ4v) is 3.45. The molecule has 1 heterocycles. The van der Waals surface area contributed by atoms with Crippen molar-refractivity contribution < 1.29 is 14.3 Å². The Morgan fingerprint density at radius 2 is 2.11 bits per heavy atom. The molecule has 1 aromatic carbocycles. The van der Waals surface area contributed by atoms with Crippen molar-refractivity contribution >= 4 is 5.91 Å². The molecule has 1 aliphatic heterocycles. The number of benzene rings is 1. The van der Waals surface area contributed by atoms with Crippen LogP contribution in [0.1, 0.15) is 29.9 Å². The van der Waals surface area contributed by atoms with E-state index in [2.05, 4.69) is 11.4 Å². The van der Waals surface area contributed by atoms with Crippen LogP contribution in [0.4, 0.5) is 0 Å². The first-order valence-corrected chi connectivity index (χ1v) is 6.75. The van der Waals surface area contributed by atoms with E-state index in [1.807, 2.05) is 6.07 Å². The molecule has 102 valence electrons. The molecule has 0 aromatic heterocycles. The number of amides is 1. The second-order valence-electron chi connectivity index (χ2n) is 5.28. The molecule has 4 nitrogen and oxygen atoms in total. The highest BCUT2D eigenvalue weighted by Crippen LogP contribution is 2.45. The molecule has 0 spiro atoms. The zero-order valence-electron chi connectivity index (χ0n) is 11.4. The fraction of sp³-hybridized carbons (Fsp3) is 0.533. The lowest BCUT2D eigenvalue weighted by atomic mass is 9.71. The molecule has 2 atom stereocenters. The number of hydrogen-bond donors (Lipinski definition) is 1. The van der Waals surface area contributed by atoms with Gasteiger partial charge in [0.1, 0.15) is 0 Å². The molecule has 4 heteroatoms. The molecule has 1 N–H and O–H groups in total. The summed E-state index contributed by atoms with van der Waals surface area (Å²) in [5, 5.41) is 2.98. The van der Waals surface area contributed by atoms with Crippen LogP contribution in [0, 0.1) is 5.92 Å². The van der Waals surface area contributed by atoms with Gasteiger partial charge in [0.15, 0.2) is 11.5 Å². The van der Waals surface area contributed by atoms with Crippen LogP contribution in [-0.2, 0) is 11.2 Å². The van der Waals surface area contributed by atoms with E-state index in [0.717, 1.165) is 30.9 Å². The van der Waals surface area contributed by atoms with Crippen molar-refractivity contribution in [3.05, 3.63) is 23.3 Å². The van der Waals surface area contributed by atoms with E-state index >= 15 is 0 Å². The Kier molecular flexibility index (Phi) is 3.09. The number of piperidine rings is 1. The van der Waals surface area contributed by atoms with Crippen molar-refractivity contribution in [2.45, 2.75) is 25.2 Å². The smallest absolute Gasteiger partial charge is 0.220 e. The normalized spacial score (nSPS) is 25.1. The van der Waals surface area contributed by atoms with E-state index in [1.165, 1.54) is 11.1 Å². The van der Waals surface area contributed by atoms with Gasteiger partial charge in [-0.05, 0) is 30.4 Å². The van der Waals surface area contributed by atoms with Gasteiger partial charge >= 0.3 is 0 Å². The molecular formula is C15H19NO3. The maximum atomic E-state index is 11.5. The summed E-state index contributed by atoms with van der Waals surface area (Å²) in [7, 11) is 3.35. The summed E-state index contributed by atoms with van der Waals surface area (Å²) in [4.78, 5) is 11.5. The minimum Gasteiger partial charge on any atom is -0.493 e. The largest absolute Gasteiger partial charge is 0.493 e. The molecule has 1 saturated heterocycles. The number of rotatable bonds is 2. The Hall–Kier alpha value is -1.71. The lowest BCUT2D eigenvalue weighted by molar-refractivity contribution is -0.124. The van der Waals surface area contributed by atoms with Gasteiger partial charge < -0.3 is 14.8 Å². The Bertz CT molecular complexity index is 512. The van der Waals surface area contributed by atoms with E-state index in [9.17, 15) is 4.79 Å². The van der Waals surface area contributed by atoms with Crippen LogP contribution in [-0.4, -0.2) is 26.7 Å². The summed E-state index contributed by atoms with van der Waals surface area (Å²) in [6, 6.07) is 4.10. The number of ether oxygens (including phenoxy) is 2. The Morgan fingerprint density at radius 3 is 2.84 bits per heavy atom. The maximum absolute atomic E-state index is 11.5. The number of nitrogens with one attached hydrogen (secondary N) is 1. The van der Waals surface area contributed by atoms with Gasteiger partial charge in [-0.2, -0.15) is 0 Å². The number of methoxy groups -OCH3 is 2. The average molecular weight is 261 g/mol. The predicted octanol–water partition coefficient (Wildman–Crippen LogP) is 1.87. The van der Waals surface area contributed by atoms with Crippen LogP contribution in [0.25, 0.3) is 0 Å². The quantitative estimate of drug-likeness (QED) is 0.884. The second-order valence-corrected chi connectivity index (χ2v) is 5.28. The van der Waals surface area contributed by atoms with E-state index in [1.54, 1.807) is 14.2 Å². The number of hydrogen-bond acceptors (Lipinski definition) is 3. The summed E-state index contributed by atoms with van der Waals surface area (Å²) in [5.41, 5.74) is 2.56. The van der Waals surface area contributed by atoms with Gasteiger partial charge in [0.05, 0.1) is 14.2 Å². The van der Waals surface area contributed by atoms with Crippen molar-refractivity contribution in [2.24, 2.45) is 5.92 Å². The Morgan fingerprint density at radius 1 is 1.26 bits per heavy atom. The van der Waals surface area contributed by atoms with Crippen molar-refractivity contribution in [1.29, 1.82) is 0 Å². The monoisotopic (exact) mass is 261 g/mol. The third-order valence-corrected chi connectivity index (χ3v) is 4.39. The molecule has 19 heavy (non-hydrogen) atoms. The molecule has 0 bridgehead atoms. The zero-order valence-corrected chi connectivity index (χ0v) is 11.4. The highest BCUT2D eigenvalue weighted by atomic mass is 16.5. The molecule has 1 aliphatic carbocycles. The van der Waals surface area contributed by atoms with Crippen molar-refractivity contribution in [3.8, 4) is 11.5 Å². The highest BCUT2D eigenvalue weighted by molar-refractivity contribution is 5.77. The molecule has 2 aliphatic rings. The van der Waals surface area contributed by atoms with E-state index in [-0.39, 0.29) is 5.91 Å². The standard InChI is InChI=1S/C15H19NO3/c1-18-13-6-5-10-11(15(13)19-2)4-3-9-7-14(17)16-8-12(9)10/h5-6,9,12H,3-4,7-8H2,1-2H3,(H,16,17)/t9-,12+/m1/s1. The third-order valence-electron chi connectivity index (χ3n) is 4.39. The van der Waals surface area contributed by atoms with Gasteiger partial charge in [-0.3, -0.25) is 4.79 Å². The van der Waals surface area contributed by atoms with Gasteiger partial charge in [0.25, 0.3) is 0 Å². The van der Waals surface area contributed by atoms with Crippen LogP contribution in [0.3, 0.4) is 0 Å². The van der Waals surface area contributed by atoms with Crippen molar-refractivity contribution in [2.75, 3.05) is 20.8 Å². The molecule has 1 fully saturated rings. The van der Waals surface area contributed by atoms with Gasteiger partial charge in [0, 0.05) is 24.4 Å². The first-order chi connectivity index (χ1) is 9.24. The topological polar surface area (TPSA) is 47.6 Å². The molecule has 1 aromatic rings. The van der Waals surface area contributed by atoms with Crippen LogP contribution in [0.5, 0.6) is 11.5 Å². The third kappa shape index (κ3) is 1.95. The molecule has 0 radical (unpaired) electrons. The summed E-state index contributed by atoms with van der Waals surface area (Å²) >= 11 is 0. The minimum atomic E-state index is 0.185. The Labute approximate surface area is 113 Å². The molecular weight excluding hydrogens is 242 g/mol. The summed E-state index contributed by atoms with van der Waals surface area (Å²) < 4.78 is 10.9. The highest BCUT2D eigenvalue weighted by Gasteiger charge is 2.36. The molecule has 1 amide bonds. The number of carbonyl (C=O) groups excluding carboxylic acids is 1. The SMILES string of the molecule is COc1ccc2c(c1OC)CC[C@@H]1CC(=O)NC[C@H]21. The second kappa shape index (κ2) is 4.76. The van der Waals surface area contributed by atoms with Crippen LogP contribution < -0.4 is 14.8 Å². The lowest BCUT2D eigenvalue weighted by Crippen LogP contribution is -2.41. The lowest BCUT2D eigenvalue weighted by Gasteiger charge is -2.37. The van der Waals surface area contributed by atoms with Gasteiger partial charge in [-0.1, -0.05) is 6.07 Å². The van der Waals surface area contributed by atoms with Crippen molar-refractivity contribution in [1.82, 2.24) is 5.32 Å². The van der Waals surface area contributed by atoms with Gasteiger partial charge in [-0.25, -0.2) is 0 Å². The average Bonchev–Trinajstić information content (AvgIpc) is 2.45. The first kappa shape index (κ1) is 12.3. The zero-order chi connectivity index (χ0) is 13.4. The van der Waals surface area contributed by atoms with E-state index in [4.69, 9.17) is 9.47 Å². The molecule has 3 rings (SSSR count). The number of carbonyl (C=O) groups is 1. The van der Waals surface area contributed by atoms with Crippen LogP contribution in [0.15, 0.2) is 12.1 Å². The summed E-state index contributed by atoms with van der Waals surface area (Å²) in [6.45, 7) is 0.742. The van der Waals surface area contributed by atoms with Crippen molar-refractivity contribution in [3.63, 3.8) is 0 Å².